The van der Waals surface area contributed by atoms with E-state index in [-0.39, 0.29) is 5.60 Å². The van der Waals surface area contributed by atoms with E-state index < -0.39 is 0 Å². The van der Waals surface area contributed by atoms with Crippen molar-refractivity contribution >= 4 is 23.2 Å². The molecule has 0 saturated heterocycles. The summed E-state index contributed by atoms with van der Waals surface area (Å²) in [4.78, 5) is 0. The average Bonchev–Trinajstić information content (AvgIpc) is 2.42. The van der Waals surface area contributed by atoms with E-state index in [2.05, 4.69) is 26.8 Å². The number of benzene rings is 1. The second-order valence-corrected chi connectivity index (χ2v) is 6.80. The molecule has 0 aliphatic rings. The molecule has 124 valence electrons. The molecule has 0 saturated carbocycles. The van der Waals surface area contributed by atoms with Crippen LogP contribution in [-0.4, -0.2) is 18.8 Å². The van der Waals surface area contributed by atoms with E-state index in [0.717, 1.165) is 31.6 Å². The fraction of sp³-hybridized carbons (Fsp3) is 0.556. The summed E-state index contributed by atoms with van der Waals surface area (Å²) < 4.78 is 11.4. The Morgan fingerprint density at radius 3 is 2.59 bits per heavy atom. The Balaban J connectivity index is 2.32. The summed E-state index contributed by atoms with van der Waals surface area (Å²) in [5.74, 6) is 0.732. The van der Waals surface area contributed by atoms with Gasteiger partial charge in [0, 0.05) is 12.7 Å². The first kappa shape index (κ1) is 19.3. The second-order valence-electron chi connectivity index (χ2n) is 5.98. The fourth-order valence-electron chi connectivity index (χ4n) is 2.20. The average molecular weight is 345 g/mol. The van der Waals surface area contributed by atoms with Crippen molar-refractivity contribution in [1.29, 1.82) is 0 Å². The topological polar surface area (TPSA) is 18.5 Å². The van der Waals surface area contributed by atoms with E-state index in [1.807, 2.05) is 13.0 Å². The Kier molecular flexibility index (Phi) is 8.30. The molecule has 0 radical (unpaired) electrons. The minimum absolute atomic E-state index is 0.0361. The van der Waals surface area contributed by atoms with E-state index in [4.69, 9.17) is 32.7 Å². The largest absolute Gasteiger partial charge is 0.489 e. The first-order valence-corrected chi connectivity index (χ1v) is 8.47. The summed E-state index contributed by atoms with van der Waals surface area (Å²) in [5.41, 5.74) is 1.29. The molecule has 0 fully saturated rings. The predicted octanol–water partition coefficient (Wildman–Crippen LogP) is 6.30. The predicted molar refractivity (Wildman–Crippen MR) is 95.3 cm³/mol. The van der Waals surface area contributed by atoms with Crippen LogP contribution < -0.4 is 4.74 Å². The molecule has 1 rings (SSSR count). The van der Waals surface area contributed by atoms with Crippen LogP contribution in [0.1, 0.15) is 47.0 Å². The molecular formula is C18H26Cl2O2. The van der Waals surface area contributed by atoms with Crippen molar-refractivity contribution in [2.24, 2.45) is 0 Å². The third-order valence-electron chi connectivity index (χ3n) is 3.46. The lowest BCUT2D eigenvalue weighted by molar-refractivity contribution is -0.0173. The van der Waals surface area contributed by atoms with Crippen LogP contribution >= 0.6 is 23.2 Å². The first-order chi connectivity index (χ1) is 10.3. The summed E-state index contributed by atoms with van der Waals surface area (Å²) in [6, 6.07) is 5.30. The standard InChI is InChI=1S/C18H26Cl2O2/c1-5-22-18(3,4)11-6-7-14(2)10-12-21-15-8-9-16(19)17(20)13-15/h8-10,13H,5-7,11-12H2,1-4H3. The van der Waals surface area contributed by atoms with Gasteiger partial charge in [0.25, 0.3) is 0 Å². The van der Waals surface area contributed by atoms with Gasteiger partial charge in [0.15, 0.2) is 0 Å². The monoisotopic (exact) mass is 344 g/mol. The van der Waals surface area contributed by atoms with Gasteiger partial charge in [0.1, 0.15) is 12.4 Å². The molecule has 0 heterocycles. The molecule has 0 unspecified atom stereocenters. The molecule has 4 heteroatoms. The van der Waals surface area contributed by atoms with Gasteiger partial charge in [-0.3, -0.25) is 0 Å². The summed E-state index contributed by atoms with van der Waals surface area (Å²) in [5, 5.41) is 1.05. The van der Waals surface area contributed by atoms with E-state index in [0.29, 0.717) is 16.7 Å². The van der Waals surface area contributed by atoms with Gasteiger partial charge in [-0.1, -0.05) is 28.8 Å². The summed E-state index contributed by atoms with van der Waals surface area (Å²) >= 11 is 11.8. The maximum absolute atomic E-state index is 5.95. The third-order valence-corrected chi connectivity index (χ3v) is 4.20. The zero-order valence-corrected chi connectivity index (χ0v) is 15.4. The van der Waals surface area contributed by atoms with Gasteiger partial charge in [0.2, 0.25) is 0 Å². The third kappa shape index (κ3) is 7.53. The molecule has 0 amide bonds. The Labute approximate surface area is 144 Å². The molecule has 0 aromatic heterocycles. The number of allylic oxidation sites excluding steroid dienone is 1. The minimum Gasteiger partial charge on any atom is -0.489 e. The summed E-state index contributed by atoms with van der Waals surface area (Å²) in [6.45, 7) is 9.75. The molecule has 22 heavy (non-hydrogen) atoms. The van der Waals surface area contributed by atoms with Crippen LogP contribution in [0.15, 0.2) is 29.8 Å². The Bertz CT molecular complexity index is 496. The zero-order valence-electron chi connectivity index (χ0n) is 13.9. The van der Waals surface area contributed by atoms with Gasteiger partial charge in [-0.25, -0.2) is 0 Å². The van der Waals surface area contributed by atoms with E-state index in [1.54, 1.807) is 12.1 Å². The molecule has 0 N–H and O–H groups in total. The number of rotatable bonds is 9. The number of halogens is 2. The van der Waals surface area contributed by atoms with Crippen LogP contribution in [0.5, 0.6) is 5.75 Å². The second kappa shape index (κ2) is 9.44. The molecule has 0 spiro atoms. The minimum atomic E-state index is -0.0361. The van der Waals surface area contributed by atoms with Gasteiger partial charge >= 0.3 is 0 Å². The van der Waals surface area contributed by atoms with Crippen molar-refractivity contribution in [3.8, 4) is 5.75 Å². The number of hydrogen-bond acceptors (Lipinski definition) is 2. The lowest BCUT2D eigenvalue weighted by Gasteiger charge is -2.24. The molecule has 0 aliphatic carbocycles. The van der Waals surface area contributed by atoms with Gasteiger partial charge in [-0.2, -0.15) is 0 Å². The van der Waals surface area contributed by atoms with Crippen LogP contribution in [0.4, 0.5) is 0 Å². The normalized spacial score (nSPS) is 12.5. The van der Waals surface area contributed by atoms with Crippen LogP contribution in [0, 0.1) is 0 Å². The highest BCUT2D eigenvalue weighted by Gasteiger charge is 2.16. The quantitative estimate of drug-likeness (QED) is 0.489. The maximum Gasteiger partial charge on any atom is 0.121 e. The van der Waals surface area contributed by atoms with Gasteiger partial charge in [-0.15, -0.1) is 0 Å². The molecular weight excluding hydrogens is 319 g/mol. The smallest absolute Gasteiger partial charge is 0.121 e. The first-order valence-electron chi connectivity index (χ1n) is 7.71. The molecule has 0 atom stereocenters. The van der Waals surface area contributed by atoms with E-state index >= 15 is 0 Å². The molecule has 0 aliphatic heterocycles. The lowest BCUT2D eigenvalue weighted by atomic mass is 9.99. The SMILES string of the molecule is CCOC(C)(C)CCCC(C)=CCOc1ccc(Cl)c(Cl)c1. The molecule has 1 aromatic rings. The van der Waals surface area contributed by atoms with Crippen molar-refractivity contribution in [2.45, 2.75) is 52.6 Å². The fourth-order valence-corrected chi connectivity index (χ4v) is 2.49. The Hall–Kier alpha value is -0.700. The van der Waals surface area contributed by atoms with Gasteiger partial charge in [0.05, 0.1) is 15.6 Å². The highest BCUT2D eigenvalue weighted by Crippen LogP contribution is 2.26. The van der Waals surface area contributed by atoms with Crippen LogP contribution in [0.2, 0.25) is 10.0 Å². The maximum atomic E-state index is 5.95. The van der Waals surface area contributed by atoms with Crippen LogP contribution in [-0.2, 0) is 4.74 Å². The Morgan fingerprint density at radius 2 is 1.95 bits per heavy atom. The van der Waals surface area contributed by atoms with Gasteiger partial charge < -0.3 is 9.47 Å². The van der Waals surface area contributed by atoms with Crippen LogP contribution in [0.25, 0.3) is 0 Å². The lowest BCUT2D eigenvalue weighted by Crippen LogP contribution is -2.24. The Morgan fingerprint density at radius 1 is 1.23 bits per heavy atom. The number of ether oxygens (including phenoxy) is 2. The van der Waals surface area contributed by atoms with Crippen molar-refractivity contribution in [2.75, 3.05) is 13.2 Å². The molecule has 0 bridgehead atoms. The zero-order chi connectivity index (χ0) is 16.6. The van der Waals surface area contributed by atoms with E-state index in [9.17, 15) is 0 Å². The molecule has 2 nitrogen and oxygen atoms in total. The van der Waals surface area contributed by atoms with Crippen molar-refractivity contribution in [3.63, 3.8) is 0 Å². The molecule has 1 aromatic carbocycles. The van der Waals surface area contributed by atoms with Crippen molar-refractivity contribution in [3.05, 3.63) is 39.9 Å². The summed E-state index contributed by atoms with van der Waals surface area (Å²) in [6.07, 6.45) is 5.33. The van der Waals surface area contributed by atoms with Gasteiger partial charge in [-0.05, 0) is 65.2 Å². The van der Waals surface area contributed by atoms with Crippen LogP contribution in [0.3, 0.4) is 0 Å². The van der Waals surface area contributed by atoms with Crippen molar-refractivity contribution in [1.82, 2.24) is 0 Å². The highest BCUT2D eigenvalue weighted by molar-refractivity contribution is 6.42. The summed E-state index contributed by atoms with van der Waals surface area (Å²) in [7, 11) is 0. The van der Waals surface area contributed by atoms with E-state index in [1.165, 1.54) is 5.57 Å². The number of hydrogen-bond donors (Lipinski definition) is 0. The van der Waals surface area contributed by atoms with Crippen molar-refractivity contribution < 1.29 is 9.47 Å². The highest BCUT2D eigenvalue weighted by atomic mass is 35.5.